The third-order valence-electron chi connectivity index (χ3n) is 3.60. The molecule has 0 fully saturated rings. The van der Waals surface area contributed by atoms with Crippen LogP contribution in [0.1, 0.15) is 10.6 Å². The van der Waals surface area contributed by atoms with Crippen LogP contribution in [-0.4, -0.2) is 15.0 Å². The van der Waals surface area contributed by atoms with Gasteiger partial charge in [-0.05, 0) is 38.1 Å². The van der Waals surface area contributed by atoms with Crippen molar-refractivity contribution >= 4 is 49.9 Å². The Morgan fingerprint density at radius 3 is 2.50 bits per heavy atom. The number of benzene rings is 2. The van der Waals surface area contributed by atoms with Crippen molar-refractivity contribution in [3.8, 4) is 0 Å². The summed E-state index contributed by atoms with van der Waals surface area (Å²) in [6.45, 7) is 3.96. The zero-order valence-corrected chi connectivity index (χ0v) is 14.0. The van der Waals surface area contributed by atoms with Gasteiger partial charge < -0.3 is 5.73 Å². The number of anilines is 1. The van der Waals surface area contributed by atoms with E-state index in [4.69, 9.17) is 5.73 Å². The number of aromatic nitrogens is 3. The molecular weight excluding hydrogens is 320 g/mol. The van der Waals surface area contributed by atoms with Crippen molar-refractivity contribution in [2.45, 2.75) is 13.8 Å². The van der Waals surface area contributed by atoms with Crippen LogP contribution in [-0.2, 0) is 0 Å². The van der Waals surface area contributed by atoms with Crippen LogP contribution in [0.5, 0.6) is 0 Å². The molecule has 7 heteroatoms. The predicted octanol–water partition coefficient (Wildman–Crippen LogP) is 4.85. The largest absolute Gasteiger partial charge is 0.397 e. The Morgan fingerprint density at radius 2 is 1.71 bits per heavy atom. The SMILES string of the molecule is Cc1ccc(N=Nc2c(N)ccc3nc4sc(C)nc4nc23)cc1. The fourth-order valence-corrected chi connectivity index (χ4v) is 3.11. The Balaban J connectivity index is 1.87. The molecular formula is C17H14N6S. The normalized spacial score (nSPS) is 11.8. The molecule has 0 aliphatic carbocycles. The highest BCUT2D eigenvalue weighted by Gasteiger charge is 2.12. The minimum Gasteiger partial charge on any atom is -0.397 e. The van der Waals surface area contributed by atoms with Crippen molar-refractivity contribution in [3.05, 3.63) is 47.0 Å². The van der Waals surface area contributed by atoms with Crippen molar-refractivity contribution in [2.24, 2.45) is 10.2 Å². The molecule has 0 atom stereocenters. The van der Waals surface area contributed by atoms with E-state index < -0.39 is 0 Å². The molecule has 0 spiro atoms. The minimum atomic E-state index is 0.513. The molecule has 24 heavy (non-hydrogen) atoms. The highest BCUT2D eigenvalue weighted by Crippen LogP contribution is 2.33. The summed E-state index contributed by atoms with van der Waals surface area (Å²) in [5, 5.41) is 9.52. The molecule has 2 heterocycles. The van der Waals surface area contributed by atoms with Gasteiger partial charge in [-0.25, -0.2) is 15.0 Å². The first kappa shape index (κ1) is 14.6. The van der Waals surface area contributed by atoms with Gasteiger partial charge in [0.05, 0.1) is 21.9 Å². The number of azo groups is 1. The molecule has 0 amide bonds. The van der Waals surface area contributed by atoms with Gasteiger partial charge in [-0.2, -0.15) is 5.11 Å². The van der Waals surface area contributed by atoms with Gasteiger partial charge in [0, 0.05) is 0 Å². The van der Waals surface area contributed by atoms with Crippen LogP contribution in [0.3, 0.4) is 0 Å². The van der Waals surface area contributed by atoms with Crippen LogP contribution in [0.25, 0.3) is 21.5 Å². The third kappa shape index (κ3) is 2.59. The summed E-state index contributed by atoms with van der Waals surface area (Å²) in [5.41, 5.74) is 11.0. The van der Waals surface area contributed by atoms with Crippen LogP contribution >= 0.6 is 11.3 Å². The lowest BCUT2D eigenvalue weighted by atomic mass is 10.2. The monoisotopic (exact) mass is 334 g/mol. The lowest BCUT2D eigenvalue weighted by Crippen LogP contribution is -1.91. The quantitative estimate of drug-likeness (QED) is 0.419. The van der Waals surface area contributed by atoms with Crippen molar-refractivity contribution in [2.75, 3.05) is 5.73 Å². The fourth-order valence-electron chi connectivity index (χ4n) is 2.38. The zero-order valence-electron chi connectivity index (χ0n) is 13.2. The maximum Gasteiger partial charge on any atom is 0.190 e. The van der Waals surface area contributed by atoms with Crippen molar-refractivity contribution in [3.63, 3.8) is 0 Å². The number of rotatable bonds is 2. The third-order valence-corrected chi connectivity index (χ3v) is 4.45. The molecule has 0 radical (unpaired) electrons. The molecule has 2 aromatic heterocycles. The maximum atomic E-state index is 6.08. The second kappa shape index (κ2) is 5.61. The van der Waals surface area contributed by atoms with Gasteiger partial charge >= 0.3 is 0 Å². The Hall–Kier alpha value is -2.93. The average Bonchev–Trinajstić information content (AvgIpc) is 2.92. The molecule has 0 aliphatic rings. The molecule has 2 N–H and O–H groups in total. The van der Waals surface area contributed by atoms with Crippen LogP contribution < -0.4 is 5.73 Å². The van der Waals surface area contributed by atoms with Gasteiger partial charge in [-0.1, -0.05) is 29.0 Å². The molecule has 4 aromatic rings. The highest BCUT2D eigenvalue weighted by atomic mass is 32.1. The van der Waals surface area contributed by atoms with E-state index in [1.807, 2.05) is 44.2 Å². The number of nitrogens with zero attached hydrogens (tertiary/aromatic N) is 5. The zero-order chi connectivity index (χ0) is 16.7. The van der Waals surface area contributed by atoms with Gasteiger partial charge in [0.2, 0.25) is 0 Å². The van der Waals surface area contributed by atoms with Crippen molar-refractivity contribution in [1.29, 1.82) is 0 Å². The number of nitrogens with two attached hydrogens (primary N) is 1. The Bertz CT molecular complexity index is 1080. The van der Waals surface area contributed by atoms with Crippen LogP contribution in [0.4, 0.5) is 17.1 Å². The highest BCUT2D eigenvalue weighted by molar-refractivity contribution is 7.18. The summed E-state index contributed by atoms with van der Waals surface area (Å²) < 4.78 is 0. The lowest BCUT2D eigenvalue weighted by molar-refractivity contribution is 1.22. The van der Waals surface area contributed by atoms with E-state index in [9.17, 15) is 0 Å². The van der Waals surface area contributed by atoms with Gasteiger partial charge in [-0.15, -0.1) is 5.11 Å². The van der Waals surface area contributed by atoms with E-state index in [-0.39, 0.29) is 0 Å². The van der Waals surface area contributed by atoms with E-state index in [1.165, 1.54) is 16.9 Å². The van der Waals surface area contributed by atoms with Crippen molar-refractivity contribution in [1.82, 2.24) is 15.0 Å². The van der Waals surface area contributed by atoms with E-state index in [0.29, 0.717) is 22.5 Å². The minimum absolute atomic E-state index is 0.513. The smallest absolute Gasteiger partial charge is 0.190 e. The number of hydrogen-bond acceptors (Lipinski definition) is 7. The molecule has 118 valence electrons. The fraction of sp³-hybridized carbons (Fsp3) is 0.118. The number of hydrogen-bond donors (Lipinski definition) is 1. The Labute approximate surface area is 142 Å². The predicted molar refractivity (Wildman–Crippen MR) is 97.2 cm³/mol. The van der Waals surface area contributed by atoms with E-state index >= 15 is 0 Å². The summed E-state index contributed by atoms with van der Waals surface area (Å²) in [7, 11) is 0. The van der Waals surface area contributed by atoms with Gasteiger partial charge in [0.1, 0.15) is 11.2 Å². The van der Waals surface area contributed by atoms with Crippen LogP contribution in [0.15, 0.2) is 46.6 Å². The summed E-state index contributed by atoms with van der Waals surface area (Å²) in [4.78, 5) is 14.4. The summed E-state index contributed by atoms with van der Waals surface area (Å²) in [5.74, 6) is 0. The first-order valence-electron chi connectivity index (χ1n) is 7.42. The van der Waals surface area contributed by atoms with E-state index in [0.717, 1.165) is 21.0 Å². The van der Waals surface area contributed by atoms with Crippen LogP contribution in [0.2, 0.25) is 0 Å². The van der Waals surface area contributed by atoms with Crippen LogP contribution in [0, 0.1) is 13.8 Å². The van der Waals surface area contributed by atoms with Crippen molar-refractivity contribution < 1.29 is 0 Å². The molecule has 0 saturated carbocycles. The molecule has 6 nitrogen and oxygen atoms in total. The Morgan fingerprint density at radius 1 is 0.917 bits per heavy atom. The molecule has 0 bridgehead atoms. The maximum absolute atomic E-state index is 6.08. The topological polar surface area (TPSA) is 89.4 Å². The summed E-state index contributed by atoms with van der Waals surface area (Å²) >= 11 is 1.52. The Kier molecular flexibility index (Phi) is 3.42. The molecule has 4 rings (SSSR count). The van der Waals surface area contributed by atoms with Gasteiger partial charge in [0.15, 0.2) is 10.5 Å². The van der Waals surface area contributed by atoms with Gasteiger partial charge in [0.25, 0.3) is 0 Å². The van der Waals surface area contributed by atoms with E-state index in [1.54, 1.807) is 6.07 Å². The average molecular weight is 334 g/mol. The second-order valence-electron chi connectivity index (χ2n) is 5.49. The summed E-state index contributed by atoms with van der Waals surface area (Å²) in [6, 6.07) is 11.4. The number of thiazole rings is 1. The van der Waals surface area contributed by atoms with Gasteiger partial charge in [-0.3, -0.25) is 0 Å². The van der Waals surface area contributed by atoms with E-state index in [2.05, 4.69) is 25.2 Å². The first-order chi connectivity index (χ1) is 11.6. The molecule has 0 unspecified atom stereocenters. The number of fused-ring (bicyclic) bond motifs is 2. The second-order valence-corrected chi connectivity index (χ2v) is 6.67. The first-order valence-corrected chi connectivity index (χ1v) is 8.23. The lowest BCUT2D eigenvalue weighted by Gasteiger charge is -2.03. The molecule has 0 aliphatic heterocycles. The standard InChI is InChI=1S/C17H14N6S/c1-9-3-5-11(6-4-9)22-23-14-12(18)7-8-13-15(14)21-16-17(20-13)24-10(2)19-16/h3-8H,18H2,1-2H3. The molecule has 0 saturated heterocycles. The summed E-state index contributed by atoms with van der Waals surface area (Å²) in [6.07, 6.45) is 0. The number of aryl methyl sites for hydroxylation is 2. The molecule has 2 aromatic carbocycles. The number of nitrogen functional groups attached to an aromatic ring is 1.